The van der Waals surface area contributed by atoms with E-state index >= 15 is 0 Å². The lowest BCUT2D eigenvalue weighted by Crippen LogP contribution is -2.26. The summed E-state index contributed by atoms with van der Waals surface area (Å²) in [6, 6.07) is 9.38. The zero-order valence-electron chi connectivity index (χ0n) is 16.6. The minimum atomic E-state index is -3.19. The van der Waals surface area contributed by atoms with Crippen molar-refractivity contribution in [2.75, 3.05) is 10.6 Å². The lowest BCUT2D eigenvalue weighted by atomic mass is 10.2. The summed E-state index contributed by atoms with van der Waals surface area (Å²) < 4.78 is 26.5. The van der Waals surface area contributed by atoms with Crippen molar-refractivity contribution in [1.29, 1.82) is 0 Å². The lowest BCUT2D eigenvalue weighted by molar-refractivity contribution is 0.580. The molecule has 11 heteroatoms. The zero-order valence-corrected chi connectivity index (χ0v) is 18.2. The van der Waals surface area contributed by atoms with Crippen LogP contribution in [0.3, 0.4) is 0 Å². The lowest BCUT2D eigenvalue weighted by Gasteiger charge is -2.10. The average Bonchev–Trinajstić information content (AvgIpc) is 3.68. The molecule has 0 aliphatic heterocycles. The van der Waals surface area contributed by atoms with Crippen molar-refractivity contribution in [3.05, 3.63) is 52.8 Å². The van der Waals surface area contributed by atoms with E-state index in [1.165, 1.54) is 19.0 Å². The number of halogens is 1. The van der Waals surface area contributed by atoms with Crippen molar-refractivity contribution in [3.63, 3.8) is 0 Å². The Hall–Kier alpha value is -2.69. The third-order valence-electron chi connectivity index (χ3n) is 5.26. The molecule has 162 valence electrons. The van der Waals surface area contributed by atoms with Crippen LogP contribution in [0.2, 0.25) is 5.02 Å². The van der Waals surface area contributed by atoms with Gasteiger partial charge in [-0.15, -0.1) is 0 Å². The SMILES string of the molecule is O=S(=O)(NCc1ccc(Nc2nc(Nc3cc(C4CC4)[nH]n3)ncc2Cl)cc1)C1CC1. The second kappa shape index (κ2) is 8.10. The summed E-state index contributed by atoms with van der Waals surface area (Å²) in [5.74, 6) is 2.08. The predicted molar refractivity (Wildman–Crippen MR) is 119 cm³/mol. The first-order valence-electron chi connectivity index (χ1n) is 10.2. The number of aromatic nitrogens is 4. The second-order valence-corrected chi connectivity index (χ2v) is 10.3. The first-order chi connectivity index (χ1) is 15.0. The van der Waals surface area contributed by atoms with E-state index in [1.54, 1.807) is 0 Å². The van der Waals surface area contributed by atoms with Gasteiger partial charge in [0, 0.05) is 29.9 Å². The van der Waals surface area contributed by atoms with Crippen LogP contribution in [-0.2, 0) is 16.6 Å². The van der Waals surface area contributed by atoms with Crippen LogP contribution in [0, 0.1) is 0 Å². The third kappa shape index (κ3) is 4.97. The number of sulfonamides is 1. The van der Waals surface area contributed by atoms with Gasteiger partial charge in [0.2, 0.25) is 16.0 Å². The number of rotatable bonds is 9. The van der Waals surface area contributed by atoms with E-state index in [0.717, 1.165) is 29.8 Å². The van der Waals surface area contributed by atoms with Crippen LogP contribution in [0.4, 0.5) is 23.3 Å². The first-order valence-corrected chi connectivity index (χ1v) is 12.1. The maximum atomic E-state index is 11.9. The summed E-state index contributed by atoms with van der Waals surface area (Å²) in [5.41, 5.74) is 2.77. The number of benzene rings is 1. The Morgan fingerprint density at radius 2 is 1.87 bits per heavy atom. The molecule has 2 saturated carbocycles. The number of aromatic amines is 1. The fraction of sp³-hybridized carbons (Fsp3) is 0.350. The molecule has 2 aliphatic carbocycles. The van der Waals surface area contributed by atoms with E-state index in [1.807, 2.05) is 30.3 Å². The quantitative estimate of drug-likeness (QED) is 0.383. The molecular formula is C20H22ClN7O2S. The van der Waals surface area contributed by atoms with E-state index in [4.69, 9.17) is 11.6 Å². The van der Waals surface area contributed by atoms with E-state index in [0.29, 0.717) is 28.5 Å². The summed E-state index contributed by atoms with van der Waals surface area (Å²) >= 11 is 6.26. The molecule has 0 atom stereocenters. The van der Waals surface area contributed by atoms with Gasteiger partial charge in [-0.1, -0.05) is 23.7 Å². The molecule has 9 nitrogen and oxygen atoms in total. The van der Waals surface area contributed by atoms with Crippen molar-refractivity contribution in [2.45, 2.75) is 43.4 Å². The Morgan fingerprint density at radius 1 is 1.10 bits per heavy atom. The molecule has 5 rings (SSSR count). The van der Waals surface area contributed by atoms with Crippen molar-refractivity contribution in [3.8, 4) is 0 Å². The van der Waals surface area contributed by atoms with Crippen LogP contribution in [0.25, 0.3) is 0 Å². The Labute approximate surface area is 185 Å². The molecule has 0 bridgehead atoms. The Bertz CT molecular complexity index is 1190. The van der Waals surface area contributed by atoms with Crippen LogP contribution in [0.1, 0.15) is 42.9 Å². The van der Waals surface area contributed by atoms with Gasteiger partial charge in [-0.2, -0.15) is 10.1 Å². The Balaban J connectivity index is 1.23. The van der Waals surface area contributed by atoms with Gasteiger partial charge in [-0.3, -0.25) is 5.10 Å². The van der Waals surface area contributed by atoms with Crippen molar-refractivity contribution >= 4 is 44.9 Å². The normalized spacial score (nSPS) is 16.3. The average molecular weight is 460 g/mol. The Kier molecular flexibility index (Phi) is 5.28. The molecule has 0 spiro atoms. The van der Waals surface area contributed by atoms with Gasteiger partial charge in [0.25, 0.3) is 0 Å². The summed E-state index contributed by atoms with van der Waals surface area (Å²) in [5, 5.41) is 13.7. The highest BCUT2D eigenvalue weighted by Crippen LogP contribution is 2.39. The Morgan fingerprint density at radius 3 is 2.58 bits per heavy atom. The van der Waals surface area contributed by atoms with Gasteiger partial charge >= 0.3 is 0 Å². The van der Waals surface area contributed by atoms with Crippen molar-refractivity contribution in [1.82, 2.24) is 24.9 Å². The third-order valence-corrected chi connectivity index (χ3v) is 7.43. The van der Waals surface area contributed by atoms with Gasteiger partial charge in [-0.05, 0) is 43.4 Å². The number of anilines is 4. The van der Waals surface area contributed by atoms with Crippen molar-refractivity contribution in [2.24, 2.45) is 0 Å². The smallest absolute Gasteiger partial charge is 0.230 e. The van der Waals surface area contributed by atoms with Gasteiger partial charge in [0.05, 0.1) is 11.4 Å². The first kappa shape index (κ1) is 20.2. The van der Waals surface area contributed by atoms with Crippen LogP contribution >= 0.6 is 11.6 Å². The summed E-state index contributed by atoms with van der Waals surface area (Å²) in [6.07, 6.45) is 5.40. The van der Waals surface area contributed by atoms with Crippen LogP contribution in [0.15, 0.2) is 36.5 Å². The largest absolute Gasteiger partial charge is 0.339 e. The highest BCUT2D eigenvalue weighted by atomic mass is 35.5. The van der Waals surface area contributed by atoms with E-state index in [2.05, 4.69) is 35.5 Å². The monoisotopic (exact) mass is 459 g/mol. The molecule has 1 aromatic carbocycles. The molecule has 2 aromatic heterocycles. The number of hydrogen-bond donors (Lipinski definition) is 4. The number of nitrogens with zero attached hydrogens (tertiary/aromatic N) is 3. The molecular weight excluding hydrogens is 438 g/mol. The molecule has 0 radical (unpaired) electrons. The van der Waals surface area contributed by atoms with Crippen LogP contribution in [-0.4, -0.2) is 33.8 Å². The van der Waals surface area contributed by atoms with Crippen LogP contribution < -0.4 is 15.4 Å². The second-order valence-electron chi connectivity index (χ2n) is 7.89. The number of hydrogen-bond acceptors (Lipinski definition) is 7. The molecule has 0 unspecified atom stereocenters. The molecule has 3 aromatic rings. The highest BCUT2D eigenvalue weighted by molar-refractivity contribution is 7.90. The molecule has 4 N–H and O–H groups in total. The summed E-state index contributed by atoms with van der Waals surface area (Å²) in [4.78, 5) is 8.65. The fourth-order valence-electron chi connectivity index (χ4n) is 3.16. The van der Waals surface area contributed by atoms with Gasteiger partial charge < -0.3 is 10.6 Å². The maximum absolute atomic E-state index is 11.9. The van der Waals surface area contributed by atoms with E-state index in [-0.39, 0.29) is 11.8 Å². The summed E-state index contributed by atoms with van der Waals surface area (Å²) in [6.45, 7) is 0.272. The standard InChI is InChI=1S/C20H22ClN7O2S/c21-16-11-22-20(25-18-9-17(27-28-18)13-3-4-13)26-19(16)24-14-5-1-12(2-6-14)10-23-31(29,30)15-7-8-15/h1-2,5-6,9,11,13,15,23H,3-4,7-8,10H2,(H3,22,24,25,26,27,28). The fourth-order valence-corrected chi connectivity index (χ4v) is 4.65. The maximum Gasteiger partial charge on any atom is 0.230 e. The van der Waals surface area contributed by atoms with Gasteiger partial charge in [0.1, 0.15) is 5.02 Å². The molecule has 0 amide bonds. The minimum Gasteiger partial charge on any atom is -0.339 e. The summed E-state index contributed by atoms with van der Waals surface area (Å²) in [7, 11) is -3.19. The molecule has 2 fully saturated rings. The zero-order chi connectivity index (χ0) is 21.4. The predicted octanol–water partition coefficient (Wildman–Crippen LogP) is 3.80. The molecule has 2 heterocycles. The number of nitrogens with one attached hydrogen (secondary N) is 4. The molecule has 31 heavy (non-hydrogen) atoms. The van der Waals surface area contributed by atoms with Crippen LogP contribution in [0.5, 0.6) is 0 Å². The highest BCUT2D eigenvalue weighted by Gasteiger charge is 2.35. The van der Waals surface area contributed by atoms with Crippen molar-refractivity contribution < 1.29 is 8.42 Å². The number of H-pyrrole nitrogens is 1. The minimum absolute atomic E-state index is 0.224. The molecule has 2 aliphatic rings. The molecule has 0 saturated heterocycles. The van der Waals surface area contributed by atoms with Gasteiger partial charge in [0.15, 0.2) is 11.6 Å². The van der Waals surface area contributed by atoms with E-state index in [9.17, 15) is 8.42 Å². The van der Waals surface area contributed by atoms with Gasteiger partial charge in [-0.25, -0.2) is 18.1 Å². The van der Waals surface area contributed by atoms with E-state index < -0.39 is 10.0 Å². The topological polar surface area (TPSA) is 125 Å².